The number of halogens is 1. The number of nitriles is 1. The maximum atomic E-state index is 12.9. The molecule has 8 heteroatoms. The number of aromatic nitrogens is 2. The van der Waals surface area contributed by atoms with E-state index in [1.54, 1.807) is 36.4 Å². The smallest absolute Gasteiger partial charge is 0.270 e. The minimum absolute atomic E-state index is 0.0933. The van der Waals surface area contributed by atoms with E-state index in [-0.39, 0.29) is 36.2 Å². The number of nitrogens with zero attached hydrogens (tertiary/aromatic N) is 3. The summed E-state index contributed by atoms with van der Waals surface area (Å²) in [7, 11) is 0. The number of carbonyl (C=O) groups excluding carboxylic acids is 2. The van der Waals surface area contributed by atoms with E-state index in [0.717, 1.165) is 11.1 Å². The number of hydrogen-bond donors (Lipinski definition) is 2. The highest BCUT2D eigenvalue weighted by Gasteiger charge is 2.11. The summed E-state index contributed by atoms with van der Waals surface area (Å²) < 4.78 is 12.9. The first-order chi connectivity index (χ1) is 14.0. The maximum absolute atomic E-state index is 12.9. The molecule has 1 heterocycles. The van der Waals surface area contributed by atoms with Crippen molar-refractivity contribution in [3.63, 3.8) is 0 Å². The summed E-state index contributed by atoms with van der Waals surface area (Å²) in [4.78, 5) is 32.3. The summed E-state index contributed by atoms with van der Waals surface area (Å²) in [5.41, 5.74) is 2.09. The van der Waals surface area contributed by atoms with Crippen LogP contribution in [0, 0.1) is 17.1 Å². The van der Waals surface area contributed by atoms with Crippen LogP contribution < -0.4 is 10.6 Å². The van der Waals surface area contributed by atoms with Gasteiger partial charge in [0.05, 0.1) is 18.1 Å². The number of anilines is 1. The third-order valence-corrected chi connectivity index (χ3v) is 3.98. The Morgan fingerprint density at radius 3 is 2.38 bits per heavy atom. The Labute approximate surface area is 166 Å². The Morgan fingerprint density at radius 2 is 1.69 bits per heavy atom. The fourth-order valence-electron chi connectivity index (χ4n) is 2.49. The van der Waals surface area contributed by atoms with Gasteiger partial charge in [-0.2, -0.15) is 5.26 Å². The molecule has 0 spiro atoms. The monoisotopic (exact) mass is 389 g/mol. The lowest BCUT2D eigenvalue weighted by Gasteiger charge is -2.07. The van der Waals surface area contributed by atoms with Crippen molar-refractivity contribution in [3.8, 4) is 6.07 Å². The molecule has 0 aliphatic carbocycles. The van der Waals surface area contributed by atoms with Crippen molar-refractivity contribution in [3.05, 3.63) is 89.1 Å². The van der Waals surface area contributed by atoms with Crippen LogP contribution in [0.3, 0.4) is 0 Å². The van der Waals surface area contributed by atoms with Gasteiger partial charge in [0.1, 0.15) is 23.7 Å². The van der Waals surface area contributed by atoms with Crippen molar-refractivity contribution in [1.29, 1.82) is 5.26 Å². The average molecular weight is 389 g/mol. The van der Waals surface area contributed by atoms with Crippen molar-refractivity contribution < 1.29 is 14.0 Å². The number of carbonyl (C=O) groups is 2. The Hall–Kier alpha value is -4.12. The first-order valence-corrected chi connectivity index (χ1v) is 8.67. The predicted octanol–water partition coefficient (Wildman–Crippen LogP) is 2.60. The summed E-state index contributed by atoms with van der Waals surface area (Å²) >= 11 is 0. The molecule has 0 saturated heterocycles. The minimum Gasteiger partial charge on any atom is -0.347 e. The van der Waals surface area contributed by atoms with Gasteiger partial charge in [-0.3, -0.25) is 9.59 Å². The molecule has 2 N–H and O–H groups in total. The van der Waals surface area contributed by atoms with Gasteiger partial charge >= 0.3 is 0 Å². The van der Waals surface area contributed by atoms with E-state index in [9.17, 15) is 14.0 Å². The average Bonchev–Trinajstić information content (AvgIpc) is 2.74. The van der Waals surface area contributed by atoms with Crippen LogP contribution in [0.1, 0.15) is 27.2 Å². The third-order valence-electron chi connectivity index (χ3n) is 3.98. The molecule has 0 radical (unpaired) electrons. The molecular formula is C21H16FN5O2. The summed E-state index contributed by atoms with van der Waals surface area (Å²) in [5, 5.41) is 14.1. The highest BCUT2D eigenvalue weighted by atomic mass is 19.1. The van der Waals surface area contributed by atoms with Crippen molar-refractivity contribution >= 4 is 17.6 Å². The number of rotatable bonds is 6. The molecule has 0 aliphatic rings. The zero-order valence-corrected chi connectivity index (χ0v) is 15.2. The van der Waals surface area contributed by atoms with Crippen LogP contribution in [-0.4, -0.2) is 21.8 Å². The fourth-order valence-corrected chi connectivity index (χ4v) is 2.49. The van der Waals surface area contributed by atoms with Gasteiger partial charge in [0.25, 0.3) is 5.91 Å². The van der Waals surface area contributed by atoms with Crippen LogP contribution in [-0.2, 0) is 17.8 Å². The molecular weight excluding hydrogens is 373 g/mol. The largest absolute Gasteiger partial charge is 0.347 e. The number of hydrogen-bond acceptors (Lipinski definition) is 5. The van der Waals surface area contributed by atoms with Crippen molar-refractivity contribution in [2.75, 3.05) is 5.32 Å². The molecule has 0 saturated carbocycles. The van der Waals surface area contributed by atoms with Crippen LogP contribution in [0.25, 0.3) is 0 Å². The second-order valence-electron chi connectivity index (χ2n) is 6.13. The predicted molar refractivity (Wildman–Crippen MR) is 103 cm³/mol. The summed E-state index contributed by atoms with van der Waals surface area (Å²) in [6.07, 6.45) is 1.28. The second kappa shape index (κ2) is 9.19. The molecule has 0 fully saturated rings. The fraction of sp³-hybridized carbons (Fsp3) is 0.0952. The minimum atomic E-state index is -0.445. The van der Waals surface area contributed by atoms with Crippen LogP contribution in [0.4, 0.5) is 10.2 Å². The van der Waals surface area contributed by atoms with Gasteiger partial charge in [0.15, 0.2) is 0 Å². The van der Waals surface area contributed by atoms with Crippen LogP contribution in [0.15, 0.2) is 60.9 Å². The Bertz CT molecular complexity index is 1060. The molecule has 2 aromatic carbocycles. The third kappa shape index (κ3) is 5.68. The van der Waals surface area contributed by atoms with Gasteiger partial charge in [-0.1, -0.05) is 24.3 Å². The molecule has 3 aromatic rings. The first-order valence-electron chi connectivity index (χ1n) is 8.67. The normalized spacial score (nSPS) is 10.1. The number of benzene rings is 2. The molecule has 0 aliphatic heterocycles. The molecule has 0 unspecified atom stereocenters. The standard InChI is InChI=1S/C21H16FN5O2/c22-17-7-5-16(6-8-17)12-24-21(29)18-10-19(26-13-25-18)27-20(28)9-14-1-3-15(11-23)4-2-14/h1-8,10,13H,9,12H2,(H,24,29)(H,25,26,27,28). The van der Waals surface area contributed by atoms with Crippen molar-refractivity contribution in [1.82, 2.24) is 15.3 Å². The van der Waals surface area contributed by atoms with E-state index in [1.807, 2.05) is 6.07 Å². The van der Waals surface area contributed by atoms with E-state index >= 15 is 0 Å². The number of nitrogens with one attached hydrogen (secondary N) is 2. The van der Waals surface area contributed by atoms with E-state index in [1.165, 1.54) is 24.5 Å². The van der Waals surface area contributed by atoms with E-state index in [0.29, 0.717) is 5.56 Å². The molecule has 3 rings (SSSR count). The van der Waals surface area contributed by atoms with Gasteiger partial charge in [-0.05, 0) is 35.4 Å². The lowest BCUT2D eigenvalue weighted by Crippen LogP contribution is -2.24. The molecule has 144 valence electrons. The Kier molecular flexibility index (Phi) is 6.22. The lowest BCUT2D eigenvalue weighted by atomic mass is 10.1. The summed E-state index contributed by atoms with van der Waals surface area (Å²) in [5.74, 6) is -0.909. The van der Waals surface area contributed by atoms with Crippen LogP contribution in [0.2, 0.25) is 0 Å². The quantitative estimate of drug-likeness (QED) is 0.674. The highest BCUT2D eigenvalue weighted by molar-refractivity contribution is 5.95. The van der Waals surface area contributed by atoms with Crippen LogP contribution >= 0.6 is 0 Å². The van der Waals surface area contributed by atoms with E-state index in [4.69, 9.17) is 5.26 Å². The molecule has 1 aromatic heterocycles. The van der Waals surface area contributed by atoms with Gasteiger partial charge in [0, 0.05) is 12.6 Å². The summed E-state index contributed by atoms with van der Waals surface area (Å²) in [6.45, 7) is 0.212. The number of amides is 2. The van der Waals surface area contributed by atoms with Crippen LogP contribution in [0.5, 0.6) is 0 Å². The van der Waals surface area contributed by atoms with Crippen molar-refractivity contribution in [2.24, 2.45) is 0 Å². The SMILES string of the molecule is N#Cc1ccc(CC(=O)Nc2cc(C(=O)NCc3ccc(F)cc3)ncn2)cc1. The summed E-state index contributed by atoms with van der Waals surface area (Å²) in [6, 6.07) is 15.8. The topological polar surface area (TPSA) is 108 Å². The maximum Gasteiger partial charge on any atom is 0.270 e. The van der Waals surface area contributed by atoms with Gasteiger partial charge in [-0.15, -0.1) is 0 Å². The van der Waals surface area contributed by atoms with Gasteiger partial charge in [0.2, 0.25) is 5.91 Å². The van der Waals surface area contributed by atoms with Crippen molar-refractivity contribution in [2.45, 2.75) is 13.0 Å². The van der Waals surface area contributed by atoms with Gasteiger partial charge < -0.3 is 10.6 Å². The zero-order valence-electron chi connectivity index (χ0n) is 15.2. The molecule has 2 amide bonds. The molecule has 0 atom stereocenters. The molecule has 29 heavy (non-hydrogen) atoms. The Balaban J connectivity index is 1.57. The van der Waals surface area contributed by atoms with E-state index < -0.39 is 5.91 Å². The molecule has 0 bridgehead atoms. The molecule has 7 nitrogen and oxygen atoms in total. The lowest BCUT2D eigenvalue weighted by molar-refractivity contribution is -0.115. The Morgan fingerprint density at radius 1 is 1.00 bits per heavy atom. The second-order valence-corrected chi connectivity index (χ2v) is 6.13. The van der Waals surface area contributed by atoms with Gasteiger partial charge in [-0.25, -0.2) is 14.4 Å². The first kappa shape index (κ1) is 19.6. The highest BCUT2D eigenvalue weighted by Crippen LogP contribution is 2.08. The zero-order chi connectivity index (χ0) is 20.6. The van der Waals surface area contributed by atoms with E-state index in [2.05, 4.69) is 20.6 Å².